The molecule has 13 nitrogen and oxygen atoms in total. The van der Waals surface area contributed by atoms with Crippen LogP contribution >= 0.6 is 0 Å². The summed E-state index contributed by atoms with van der Waals surface area (Å²) >= 11 is 0. The second-order valence-electron chi connectivity index (χ2n) is 14.9. The van der Waals surface area contributed by atoms with E-state index < -0.39 is 4.92 Å². The molecule has 0 bridgehead atoms. The Morgan fingerprint density at radius 2 is 0.746 bits per heavy atom. The van der Waals surface area contributed by atoms with Crippen LogP contribution in [-0.4, -0.2) is 114 Å². The highest BCUT2D eigenvalue weighted by molar-refractivity contribution is 5.72. The summed E-state index contributed by atoms with van der Waals surface area (Å²) in [6, 6.07) is 35.5. The van der Waals surface area contributed by atoms with Gasteiger partial charge in [0.1, 0.15) is 19.8 Å². The monoisotopic (exact) mass is 807 g/mol. The molecule has 0 amide bonds. The molecular formula is C46H57N5O8. The Balaban J connectivity index is 1.26. The number of carbonyl (C=O) groups excluding carboxylic acids is 3. The van der Waals surface area contributed by atoms with E-state index in [1.165, 1.54) is 12.1 Å². The van der Waals surface area contributed by atoms with Crippen LogP contribution < -0.4 is 0 Å². The molecule has 4 aromatic carbocycles. The van der Waals surface area contributed by atoms with E-state index >= 15 is 0 Å². The Morgan fingerprint density at radius 3 is 1.05 bits per heavy atom. The summed E-state index contributed by atoms with van der Waals surface area (Å²) in [4.78, 5) is 58.9. The van der Waals surface area contributed by atoms with Crippen LogP contribution in [0.4, 0.5) is 5.69 Å². The van der Waals surface area contributed by atoms with Crippen molar-refractivity contribution in [3.63, 3.8) is 0 Å². The van der Waals surface area contributed by atoms with E-state index in [-0.39, 0.29) is 63.1 Å². The second kappa shape index (κ2) is 25.1. The quantitative estimate of drug-likeness (QED) is 0.0594. The summed E-state index contributed by atoms with van der Waals surface area (Å²) in [5.74, 6) is -0.900. The van der Waals surface area contributed by atoms with Crippen molar-refractivity contribution < 1.29 is 33.5 Å². The smallest absolute Gasteiger partial charge is 0.320 e. The standard InChI is InChI=1S/C46H57N5O8/c52-44(57-36-40-14-4-1-5-15-40)33-48-26-10-24-47(32-39-20-22-43(23-21-39)51(55)56)25-11-27-49(34-45(53)58-37-41-16-6-2-7-17-41)29-13-31-50(30-12-28-48)35-46(54)59-38-42-18-8-3-9-19-42/h1-9,14-23H,10-13,24-38H2. The van der Waals surface area contributed by atoms with Crippen LogP contribution in [0.2, 0.25) is 0 Å². The Labute approximate surface area is 347 Å². The van der Waals surface area contributed by atoms with Crippen molar-refractivity contribution in [1.82, 2.24) is 19.6 Å². The van der Waals surface area contributed by atoms with Gasteiger partial charge in [0.05, 0.1) is 24.6 Å². The molecule has 13 heteroatoms. The number of rotatable bonds is 15. The predicted molar refractivity (Wildman–Crippen MR) is 225 cm³/mol. The number of nitro groups is 1. The first kappa shape index (κ1) is 44.6. The fourth-order valence-electron chi connectivity index (χ4n) is 7.03. The molecule has 0 atom stereocenters. The first-order chi connectivity index (χ1) is 28.8. The third kappa shape index (κ3) is 17.5. The maximum atomic E-state index is 13.1. The summed E-state index contributed by atoms with van der Waals surface area (Å²) in [7, 11) is 0. The third-order valence-corrected chi connectivity index (χ3v) is 10.1. The molecule has 0 spiro atoms. The number of carbonyl (C=O) groups is 3. The zero-order chi connectivity index (χ0) is 41.5. The van der Waals surface area contributed by atoms with Gasteiger partial charge in [0.15, 0.2) is 0 Å². The highest BCUT2D eigenvalue weighted by Crippen LogP contribution is 2.15. The van der Waals surface area contributed by atoms with Crippen molar-refractivity contribution in [2.24, 2.45) is 0 Å². The van der Waals surface area contributed by atoms with E-state index in [1.54, 1.807) is 12.1 Å². The van der Waals surface area contributed by atoms with Crippen LogP contribution in [0.25, 0.3) is 0 Å². The Hall–Kier alpha value is -5.47. The highest BCUT2D eigenvalue weighted by Gasteiger charge is 2.19. The fourth-order valence-corrected chi connectivity index (χ4v) is 7.03. The minimum Gasteiger partial charge on any atom is -0.460 e. The first-order valence-corrected chi connectivity index (χ1v) is 20.5. The number of nitro benzene ring substituents is 1. The number of benzene rings is 4. The lowest BCUT2D eigenvalue weighted by atomic mass is 10.1. The van der Waals surface area contributed by atoms with Gasteiger partial charge in [-0.15, -0.1) is 0 Å². The van der Waals surface area contributed by atoms with Gasteiger partial charge >= 0.3 is 17.9 Å². The molecule has 0 aromatic heterocycles. The van der Waals surface area contributed by atoms with Gasteiger partial charge in [-0.2, -0.15) is 0 Å². The second-order valence-corrected chi connectivity index (χ2v) is 14.9. The third-order valence-electron chi connectivity index (χ3n) is 10.1. The van der Waals surface area contributed by atoms with E-state index in [1.807, 2.05) is 91.0 Å². The van der Waals surface area contributed by atoms with Crippen LogP contribution in [0, 0.1) is 10.1 Å². The van der Waals surface area contributed by atoms with Gasteiger partial charge in [-0.1, -0.05) is 103 Å². The van der Waals surface area contributed by atoms with Crippen LogP contribution in [0.3, 0.4) is 0 Å². The van der Waals surface area contributed by atoms with E-state index in [9.17, 15) is 24.5 Å². The molecular weight excluding hydrogens is 751 g/mol. The van der Waals surface area contributed by atoms with Crippen LogP contribution in [0.15, 0.2) is 115 Å². The van der Waals surface area contributed by atoms with E-state index in [0.29, 0.717) is 58.7 Å². The van der Waals surface area contributed by atoms with Gasteiger partial charge in [-0.05, 0) is 100 Å². The highest BCUT2D eigenvalue weighted by atomic mass is 16.6. The normalized spacial score (nSPS) is 15.9. The summed E-state index contributed by atoms with van der Waals surface area (Å²) in [6.07, 6.45) is 2.95. The SMILES string of the molecule is O=C(CN1CCCN(CC(=O)OCc2ccccc2)CCCN(Cc2ccc([N+](=O)[O-])cc2)CCCN(CC(=O)OCc2ccccc2)CCC1)OCc1ccccc1. The molecule has 1 saturated heterocycles. The lowest BCUT2D eigenvalue weighted by Gasteiger charge is -2.29. The maximum absolute atomic E-state index is 13.1. The average molecular weight is 808 g/mol. The van der Waals surface area contributed by atoms with Crippen LogP contribution in [0.1, 0.15) is 47.9 Å². The molecule has 4 aromatic rings. The number of ether oxygens (including phenoxy) is 3. The molecule has 1 fully saturated rings. The summed E-state index contributed by atoms with van der Waals surface area (Å²) in [5, 5.41) is 11.3. The van der Waals surface area contributed by atoms with E-state index in [4.69, 9.17) is 14.2 Å². The van der Waals surface area contributed by atoms with Gasteiger partial charge in [-0.25, -0.2) is 0 Å². The predicted octanol–water partition coefficient (Wildman–Crippen LogP) is 6.11. The van der Waals surface area contributed by atoms with Crippen molar-refractivity contribution in [1.29, 1.82) is 0 Å². The summed E-state index contributed by atoms with van der Waals surface area (Å²) in [6.45, 7) is 6.85. The Kier molecular flexibility index (Phi) is 19.0. The Morgan fingerprint density at radius 1 is 0.441 bits per heavy atom. The molecule has 314 valence electrons. The fraction of sp³-hybridized carbons (Fsp3) is 0.413. The summed E-state index contributed by atoms with van der Waals surface area (Å²) < 4.78 is 17.0. The molecule has 1 heterocycles. The van der Waals surface area contributed by atoms with Crippen molar-refractivity contribution in [3.8, 4) is 0 Å². The van der Waals surface area contributed by atoms with Gasteiger partial charge in [0.2, 0.25) is 0 Å². The zero-order valence-corrected chi connectivity index (χ0v) is 33.9. The molecule has 5 rings (SSSR count). The molecule has 0 radical (unpaired) electrons. The molecule has 0 N–H and O–H groups in total. The van der Waals surface area contributed by atoms with Crippen molar-refractivity contribution >= 4 is 23.6 Å². The Bertz CT molecular complexity index is 1770. The molecule has 0 unspecified atom stereocenters. The minimum atomic E-state index is -0.397. The zero-order valence-electron chi connectivity index (χ0n) is 33.9. The van der Waals surface area contributed by atoms with Gasteiger partial charge in [0.25, 0.3) is 5.69 Å². The molecule has 0 aliphatic carbocycles. The number of hydrogen-bond donors (Lipinski definition) is 0. The molecule has 59 heavy (non-hydrogen) atoms. The number of hydrogen-bond acceptors (Lipinski definition) is 12. The maximum Gasteiger partial charge on any atom is 0.320 e. The molecule has 0 saturated carbocycles. The minimum absolute atomic E-state index is 0.0500. The summed E-state index contributed by atoms with van der Waals surface area (Å²) in [5.41, 5.74) is 3.79. The topological polar surface area (TPSA) is 135 Å². The lowest BCUT2D eigenvalue weighted by Crippen LogP contribution is -2.40. The van der Waals surface area contributed by atoms with Crippen molar-refractivity contribution in [2.75, 3.05) is 72.0 Å². The molecule has 1 aliphatic rings. The van der Waals surface area contributed by atoms with Crippen LogP contribution in [-0.2, 0) is 55.0 Å². The van der Waals surface area contributed by atoms with Gasteiger partial charge in [0, 0.05) is 18.7 Å². The number of nitrogens with zero attached hydrogens (tertiary/aromatic N) is 5. The van der Waals surface area contributed by atoms with Gasteiger partial charge in [-0.3, -0.25) is 44.1 Å². The average Bonchev–Trinajstić information content (AvgIpc) is 3.24. The first-order valence-electron chi connectivity index (χ1n) is 20.5. The van der Waals surface area contributed by atoms with Crippen molar-refractivity contribution in [2.45, 2.75) is 52.0 Å². The lowest BCUT2D eigenvalue weighted by molar-refractivity contribution is -0.384. The van der Waals surface area contributed by atoms with E-state index in [0.717, 1.165) is 48.2 Å². The van der Waals surface area contributed by atoms with E-state index in [2.05, 4.69) is 19.6 Å². The van der Waals surface area contributed by atoms with Crippen LogP contribution in [0.5, 0.6) is 0 Å². The number of non-ortho nitro benzene ring substituents is 1. The van der Waals surface area contributed by atoms with Gasteiger partial charge < -0.3 is 14.2 Å². The largest absolute Gasteiger partial charge is 0.460 e. The molecule has 1 aliphatic heterocycles. The number of esters is 3. The van der Waals surface area contributed by atoms with Crippen molar-refractivity contribution in [3.05, 3.63) is 148 Å².